The van der Waals surface area contributed by atoms with Crippen molar-refractivity contribution in [3.63, 3.8) is 0 Å². The maximum Gasteiger partial charge on any atom is 0.217 e. The molecular weight excluding hydrogens is 1730 g/mol. The molecule has 0 aromatic heterocycles. The van der Waals surface area contributed by atoms with Crippen LogP contribution < -0.4 is 26.6 Å². The fourth-order valence-electron chi connectivity index (χ4n) is 16.4. The van der Waals surface area contributed by atoms with Gasteiger partial charge in [-0.15, -0.1) is 0 Å². The summed E-state index contributed by atoms with van der Waals surface area (Å²) in [5.41, 5.74) is 0. The summed E-state index contributed by atoms with van der Waals surface area (Å²) in [7, 11) is 0. The molecule has 5 amide bonds. The summed E-state index contributed by atoms with van der Waals surface area (Å²) in [6.07, 6.45) is -95.9. The van der Waals surface area contributed by atoms with Crippen molar-refractivity contribution < 1.29 is 252 Å². The number of nitrogens with one attached hydrogen (secondary N) is 5. The van der Waals surface area contributed by atoms with E-state index in [1.165, 1.54) is 0 Å². The molecule has 126 heavy (non-hydrogen) atoms. The van der Waals surface area contributed by atoms with E-state index in [9.17, 15) is 162 Å². The van der Waals surface area contributed by atoms with Gasteiger partial charge in [0, 0.05) is 34.6 Å². The Bertz CT molecular complexity index is 3440. The van der Waals surface area contributed by atoms with Crippen LogP contribution in [0.15, 0.2) is 0 Å². The van der Waals surface area contributed by atoms with Crippen LogP contribution in [0.3, 0.4) is 0 Å². The highest BCUT2D eigenvalue weighted by Crippen LogP contribution is 2.42. The van der Waals surface area contributed by atoms with Gasteiger partial charge in [-0.05, 0) is 0 Å². The van der Waals surface area contributed by atoms with Gasteiger partial charge in [0.05, 0.1) is 66.1 Å². The van der Waals surface area contributed by atoms with Crippen molar-refractivity contribution in [2.24, 2.45) is 0 Å². The van der Waals surface area contributed by atoms with Crippen LogP contribution in [0.4, 0.5) is 0 Å². The van der Waals surface area contributed by atoms with Crippen LogP contribution in [0.2, 0.25) is 0 Å². The zero-order chi connectivity index (χ0) is 92.8. The van der Waals surface area contributed by atoms with Crippen molar-refractivity contribution in [2.75, 3.05) is 66.1 Å². The lowest BCUT2D eigenvalue weighted by atomic mass is 9.93. The average Bonchev–Trinajstić information content (AvgIpc) is 0.764. The fourth-order valence-corrected chi connectivity index (χ4v) is 16.4. The standard InChI is InChI=1S/C70H117N5O51/c1-16(85)71-31-42(96)53(25(10-80)109-61(31)107)119-63-33(73-18(3)87)44(98)56(28(13-83)114-63)123-69-52(106)59(40(94)30(118-69)15-108-66-48(102)46(100)37(91)22(7-77)111-66)125-70-60(126-65-35(75-20(5)89)43(97)54(26(11-81)116-65)120-62-32(72-17(2)86)41(95)36(90)21(6-76)110-62)50(104)57(29(14-84)117-70)121-64-34(74-19(4)88)45(99)55(27(12-82)115-64)122-68-51(105)58(39(93)24(9-79)113-68)124-67-49(103)47(101)38(92)23(8-78)112-67/h21-70,76-84,90-107H,6-15H2,1-5H3,(H,71,85)(H,72,86)(H,73,87)(H,74,88)(H,75,89)/t21-,22-,23-,24-,25-,26-,27-,28-,29-,30-,31-,32-,33-,34-,35-,36+,37-,38+,39+,40-,41-,42-,43-,44-,45-,46+,47+,48+,49-,50+,51-,52+,53-,54-,55-,56-,57-,58+,59+,60+,61-,62+,63+,64+,65+,66+,67-,68+,69+,70-/m1/s1. The molecule has 0 saturated carbocycles. The van der Waals surface area contributed by atoms with Crippen molar-refractivity contribution in [1.29, 1.82) is 0 Å². The minimum Gasteiger partial charge on any atom is -0.394 e. The molecular formula is C70H117N5O51. The summed E-state index contributed by atoms with van der Waals surface area (Å²) >= 11 is 0. The summed E-state index contributed by atoms with van der Waals surface area (Å²) in [5, 5.41) is 315. The van der Waals surface area contributed by atoms with Gasteiger partial charge < -0.3 is 254 Å². The Balaban J connectivity index is 1.02. The first-order chi connectivity index (χ1) is 59.6. The lowest BCUT2D eigenvalue weighted by molar-refractivity contribution is -0.406. The summed E-state index contributed by atoms with van der Waals surface area (Å²) in [6.45, 7) is -6.65. The van der Waals surface area contributed by atoms with Gasteiger partial charge in [-0.1, -0.05) is 0 Å². The molecule has 0 radical (unpaired) electrons. The molecule has 0 bridgehead atoms. The predicted octanol–water partition coefficient (Wildman–Crippen LogP) is -22.1. The molecule has 728 valence electrons. The van der Waals surface area contributed by atoms with Crippen LogP contribution in [0, 0.1) is 0 Å². The number of amides is 5. The number of rotatable bonds is 33. The van der Waals surface area contributed by atoms with Crippen LogP contribution in [-0.4, -0.2) is 540 Å². The molecule has 10 saturated heterocycles. The van der Waals surface area contributed by atoms with E-state index in [1.54, 1.807) is 0 Å². The van der Waals surface area contributed by atoms with Gasteiger partial charge in [0.2, 0.25) is 29.5 Å². The van der Waals surface area contributed by atoms with Gasteiger partial charge in [0.1, 0.15) is 244 Å². The second-order valence-electron chi connectivity index (χ2n) is 31.7. The Kier molecular flexibility index (Phi) is 37.4. The second-order valence-corrected chi connectivity index (χ2v) is 31.7. The molecule has 0 unspecified atom stereocenters. The number of aliphatic hydroxyl groups is 27. The Hall–Kier alpha value is -4.49. The third kappa shape index (κ3) is 22.9. The van der Waals surface area contributed by atoms with Crippen LogP contribution >= 0.6 is 0 Å². The SMILES string of the molecule is CC(=O)N[C@@H]1[C@@H](O)[C@H](O[C@@H]2O[C@H](CO)[C@@H](O[C@@H]3O[C@H](CO[C@H]4O[C@H](CO)[C@@H](O)[C@H](O)[C@@H]4O)[C@@H](O)[C@H](O[C@H]4O[C@H](CO)[C@@H](O[C@@H]5O[C@H](CO)[C@@H](O[C@@H]6O[C@H](CO)[C@H](O)[C@H](O[C@H]7O[C@H](CO)[C@H](O)[C@H](O)[C@H]7O)[C@H]6O)[C@H](O)[C@H]5NC(C)=O)[C@H](O)[C@@H]4O[C@@H]4O[C@H](CO)[C@@H](O[C@@H]5O[C@H](CO)[C@H](O)[C@H](O)[C@H]5NC(C)=O)[C@H](O)[C@H]4NC(C)=O)[C@@H]3O)[C@H](O)[C@H]2NC(C)=O)[C@@H](CO)O[C@H]1O. The molecule has 56 nitrogen and oxygen atoms in total. The van der Waals surface area contributed by atoms with Crippen LogP contribution in [-0.2, 0) is 114 Å². The first kappa shape index (κ1) is 104. The summed E-state index contributed by atoms with van der Waals surface area (Å²) < 4.78 is 114. The normalized spacial score (nSPS) is 48.4. The Labute approximate surface area is 713 Å². The van der Waals surface area contributed by atoms with E-state index >= 15 is 0 Å². The van der Waals surface area contributed by atoms with Crippen LogP contribution in [0.5, 0.6) is 0 Å². The van der Waals surface area contributed by atoms with E-state index < -0.39 is 402 Å². The van der Waals surface area contributed by atoms with E-state index in [-0.39, 0.29) is 0 Å². The smallest absolute Gasteiger partial charge is 0.217 e. The highest BCUT2D eigenvalue weighted by molar-refractivity contribution is 5.75. The van der Waals surface area contributed by atoms with E-state index in [1.807, 2.05) is 0 Å². The molecule has 50 atom stereocenters. The minimum absolute atomic E-state index is 0.799. The van der Waals surface area contributed by atoms with E-state index in [4.69, 9.17) is 90.0 Å². The van der Waals surface area contributed by atoms with Gasteiger partial charge in [-0.3, -0.25) is 24.0 Å². The summed E-state index contributed by atoms with van der Waals surface area (Å²) in [6, 6.07) is -9.56. The molecule has 0 spiro atoms. The molecule has 0 aliphatic carbocycles. The first-order valence-electron chi connectivity index (χ1n) is 40.1. The Morgan fingerprint density at radius 1 is 0.206 bits per heavy atom. The molecule has 10 rings (SSSR count). The van der Waals surface area contributed by atoms with Crippen LogP contribution in [0.25, 0.3) is 0 Å². The highest BCUT2D eigenvalue weighted by Gasteiger charge is 2.63. The van der Waals surface area contributed by atoms with Crippen LogP contribution in [0.1, 0.15) is 34.6 Å². The highest BCUT2D eigenvalue weighted by atomic mass is 16.8. The maximum atomic E-state index is 13.4. The largest absolute Gasteiger partial charge is 0.394 e. The molecule has 10 aliphatic heterocycles. The Morgan fingerprint density at radius 2 is 0.437 bits per heavy atom. The fraction of sp³-hybridized carbons (Fsp3) is 0.929. The molecule has 56 heteroatoms. The van der Waals surface area contributed by atoms with Gasteiger partial charge in [0.25, 0.3) is 0 Å². The zero-order valence-electron chi connectivity index (χ0n) is 67.8. The number of hydrogen-bond donors (Lipinski definition) is 32. The zero-order valence-corrected chi connectivity index (χ0v) is 67.8. The van der Waals surface area contributed by atoms with E-state index in [0.717, 1.165) is 34.6 Å². The second kappa shape index (κ2) is 45.5. The number of carbonyl (C=O) groups excluding carboxylic acids is 5. The first-order valence-corrected chi connectivity index (χ1v) is 40.1. The van der Waals surface area contributed by atoms with Crippen molar-refractivity contribution >= 4 is 29.5 Å². The monoisotopic (exact) mass is 1840 g/mol. The predicted molar refractivity (Wildman–Crippen MR) is 388 cm³/mol. The van der Waals surface area contributed by atoms with Gasteiger partial charge in [0.15, 0.2) is 62.9 Å². The quantitative estimate of drug-likeness (QED) is 0.0290. The maximum absolute atomic E-state index is 13.4. The van der Waals surface area contributed by atoms with Gasteiger partial charge in [-0.25, -0.2) is 0 Å². The van der Waals surface area contributed by atoms with Gasteiger partial charge >= 0.3 is 0 Å². The van der Waals surface area contributed by atoms with Crippen molar-refractivity contribution in [3.8, 4) is 0 Å². The summed E-state index contributed by atoms with van der Waals surface area (Å²) in [4.78, 5) is 64.5. The number of hydrogen-bond acceptors (Lipinski definition) is 51. The molecule has 0 aromatic rings. The summed E-state index contributed by atoms with van der Waals surface area (Å²) in [5.74, 6) is -4.69. The molecule has 10 aliphatic rings. The van der Waals surface area contributed by atoms with Crippen molar-refractivity contribution in [2.45, 2.75) is 341 Å². The number of ether oxygens (including phenoxy) is 19. The third-order valence-electron chi connectivity index (χ3n) is 22.9. The minimum atomic E-state index is -2.66. The number of aliphatic hydroxyl groups excluding tert-OH is 27. The molecule has 10 fully saturated rings. The van der Waals surface area contributed by atoms with E-state index in [0.29, 0.717) is 0 Å². The van der Waals surface area contributed by atoms with Gasteiger partial charge in [-0.2, -0.15) is 0 Å². The lowest BCUT2D eigenvalue weighted by Gasteiger charge is -2.52. The molecule has 0 aromatic carbocycles. The number of carbonyl (C=O) groups is 5. The lowest BCUT2D eigenvalue weighted by Crippen LogP contribution is -2.72. The van der Waals surface area contributed by atoms with Crippen molar-refractivity contribution in [1.82, 2.24) is 26.6 Å². The van der Waals surface area contributed by atoms with E-state index in [2.05, 4.69) is 26.6 Å². The van der Waals surface area contributed by atoms with Crippen molar-refractivity contribution in [3.05, 3.63) is 0 Å². The topological polar surface area (TPSA) is 867 Å². The Morgan fingerprint density at radius 3 is 0.802 bits per heavy atom. The molecule has 10 heterocycles. The molecule has 32 N–H and O–H groups in total. The third-order valence-corrected chi connectivity index (χ3v) is 22.9. The average molecular weight is 1840 g/mol.